The summed E-state index contributed by atoms with van der Waals surface area (Å²) in [6, 6.07) is 21.3. The van der Waals surface area contributed by atoms with Crippen LogP contribution in [0.2, 0.25) is 0 Å². The lowest BCUT2D eigenvalue weighted by molar-refractivity contribution is -0.119. The highest BCUT2D eigenvalue weighted by Crippen LogP contribution is 2.29. The van der Waals surface area contributed by atoms with Crippen molar-refractivity contribution in [3.05, 3.63) is 78.4 Å². The Bertz CT molecular complexity index is 1370. The van der Waals surface area contributed by atoms with Crippen LogP contribution < -0.4 is 19.5 Å². The third-order valence-corrected chi connectivity index (χ3v) is 5.34. The zero-order valence-corrected chi connectivity index (χ0v) is 19.5. The van der Waals surface area contributed by atoms with E-state index in [0.29, 0.717) is 45.1 Å². The van der Waals surface area contributed by atoms with Gasteiger partial charge < -0.3 is 24.3 Å². The standard InChI is InChI=1S/C27H24N2O6/c1-32-18-10-8-17(9-11-18)23-15-21(20-6-4-5-7-22(20)28-23)27(31)35-16-26(30)29-24-14-19(33-2)12-13-25(24)34-3/h4-15H,16H2,1-3H3,(H,29,30). The van der Waals surface area contributed by atoms with E-state index < -0.39 is 18.5 Å². The van der Waals surface area contributed by atoms with Gasteiger partial charge in [-0.25, -0.2) is 9.78 Å². The Morgan fingerprint density at radius 3 is 2.26 bits per heavy atom. The number of esters is 1. The number of carbonyl (C=O) groups excluding carboxylic acids is 2. The van der Waals surface area contributed by atoms with Crippen LogP contribution in [0.5, 0.6) is 17.2 Å². The molecule has 0 atom stereocenters. The molecule has 3 aromatic carbocycles. The molecule has 0 aliphatic rings. The average Bonchev–Trinajstić information content (AvgIpc) is 2.91. The number of nitrogens with one attached hydrogen (secondary N) is 1. The number of methoxy groups -OCH3 is 3. The minimum Gasteiger partial charge on any atom is -0.497 e. The second-order valence-corrected chi connectivity index (χ2v) is 7.49. The summed E-state index contributed by atoms with van der Waals surface area (Å²) in [7, 11) is 4.61. The number of para-hydroxylation sites is 1. The van der Waals surface area contributed by atoms with Gasteiger partial charge in [0.1, 0.15) is 17.2 Å². The van der Waals surface area contributed by atoms with E-state index in [4.69, 9.17) is 18.9 Å². The maximum atomic E-state index is 13.0. The van der Waals surface area contributed by atoms with Crippen molar-refractivity contribution >= 4 is 28.5 Å². The van der Waals surface area contributed by atoms with Gasteiger partial charge in [-0.15, -0.1) is 0 Å². The summed E-state index contributed by atoms with van der Waals surface area (Å²) < 4.78 is 21.0. The van der Waals surface area contributed by atoms with Gasteiger partial charge in [0.2, 0.25) is 0 Å². The number of rotatable bonds is 8. The molecule has 4 rings (SSSR count). The molecule has 0 fully saturated rings. The van der Waals surface area contributed by atoms with Gasteiger partial charge in [0, 0.05) is 17.0 Å². The summed E-state index contributed by atoms with van der Waals surface area (Å²) in [6.07, 6.45) is 0. The molecule has 8 nitrogen and oxygen atoms in total. The lowest BCUT2D eigenvalue weighted by Crippen LogP contribution is -2.21. The normalized spacial score (nSPS) is 10.5. The van der Waals surface area contributed by atoms with Gasteiger partial charge in [0.05, 0.1) is 43.8 Å². The van der Waals surface area contributed by atoms with Crippen LogP contribution in [0.4, 0.5) is 5.69 Å². The molecule has 8 heteroatoms. The number of hydrogen-bond acceptors (Lipinski definition) is 7. The van der Waals surface area contributed by atoms with E-state index in [0.717, 1.165) is 5.56 Å². The van der Waals surface area contributed by atoms with Crippen LogP contribution in [0.25, 0.3) is 22.2 Å². The number of anilines is 1. The maximum Gasteiger partial charge on any atom is 0.339 e. The summed E-state index contributed by atoms with van der Waals surface area (Å²) in [5, 5.41) is 3.31. The van der Waals surface area contributed by atoms with Gasteiger partial charge in [-0.2, -0.15) is 0 Å². The van der Waals surface area contributed by atoms with Gasteiger partial charge in [-0.1, -0.05) is 18.2 Å². The van der Waals surface area contributed by atoms with E-state index in [1.807, 2.05) is 42.5 Å². The molecule has 4 aromatic rings. The molecule has 0 aliphatic carbocycles. The Balaban J connectivity index is 1.55. The molecule has 35 heavy (non-hydrogen) atoms. The molecule has 1 amide bonds. The lowest BCUT2D eigenvalue weighted by Gasteiger charge is -2.13. The van der Waals surface area contributed by atoms with E-state index in [1.165, 1.54) is 14.2 Å². The van der Waals surface area contributed by atoms with Crippen molar-refractivity contribution in [2.45, 2.75) is 0 Å². The molecule has 0 saturated carbocycles. The summed E-state index contributed by atoms with van der Waals surface area (Å²) in [5.41, 5.74) is 2.77. The summed E-state index contributed by atoms with van der Waals surface area (Å²) in [5.74, 6) is 0.569. The molecular formula is C27H24N2O6. The molecule has 1 heterocycles. The Hall–Kier alpha value is -4.59. The first-order valence-electron chi connectivity index (χ1n) is 10.8. The van der Waals surface area contributed by atoms with Gasteiger partial charge >= 0.3 is 5.97 Å². The minimum absolute atomic E-state index is 0.313. The third kappa shape index (κ3) is 5.33. The average molecular weight is 472 g/mol. The second kappa shape index (κ2) is 10.6. The van der Waals surface area contributed by atoms with Crippen molar-refractivity contribution < 1.29 is 28.5 Å². The number of ether oxygens (including phenoxy) is 4. The number of carbonyl (C=O) groups is 2. The summed E-state index contributed by atoms with van der Waals surface area (Å²) in [6.45, 7) is -0.478. The molecule has 0 unspecified atom stereocenters. The molecule has 0 radical (unpaired) electrons. The summed E-state index contributed by atoms with van der Waals surface area (Å²) >= 11 is 0. The van der Waals surface area contributed by atoms with Gasteiger partial charge in [0.15, 0.2) is 6.61 Å². The molecule has 0 saturated heterocycles. The number of hydrogen-bond donors (Lipinski definition) is 1. The van der Waals surface area contributed by atoms with E-state index in [9.17, 15) is 9.59 Å². The van der Waals surface area contributed by atoms with E-state index >= 15 is 0 Å². The zero-order chi connectivity index (χ0) is 24.8. The third-order valence-electron chi connectivity index (χ3n) is 5.34. The first kappa shape index (κ1) is 23.6. The Labute approximate surface area is 202 Å². The molecule has 0 bridgehead atoms. The molecule has 178 valence electrons. The quantitative estimate of drug-likeness (QED) is 0.371. The fourth-order valence-corrected chi connectivity index (χ4v) is 3.56. The van der Waals surface area contributed by atoms with E-state index in [2.05, 4.69) is 10.3 Å². The molecule has 1 N–H and O–H groups in total. The van der Waals surface area contributed by atoms with Crippen LogP contribution in [0.3, 0.4) is 0 Å². The van der Waals surface area contributed by atoms with Crippen molar-refractivity contribution in [2.24, 2.45) is 0 Å². The van der Waals surface area contributed by atoms with E-state index in [1.54, 1.807) is 37.4 Å². The van der Waals surface area contributed by atoms with Gasteiger partial charge in [-0.3, -0.25) is 4.79 Å². The fourth-order valence-electron chi connectivity index (χ4n) is 3.56. The predicted molar refractivity (Wildman–Crippen MR) is 132 cm³/mol. The number of pyridine rings is 1. The van der Waals surface area contributed by atoms with Crippen LogP contribution in [-0.2, 0) is 9.53 Å². The van der Waals surface area contributed by atoms with Gasteiger partial charge in [0.25, 0.3) is 5.91 Å². The van der Waals surface area contributed by atoms with Crippen LogP contribution >= 0.6 is 0 Å². The zero-order valence-electron chi connectivity index (χ0n) is 19.5. The molecule has 1 aromatic heterocycles. The molecule has 0 spiro atoms. The highest BCUT2D eigenvalue weighted by molar-refractivity contribution is 6.05. The maximum absolute atomic E-state index is 13.0. The molecule has 0 aliphatic heterocycles. The number of fused-ring (bicyclic) bond motifs is 1. The van der Waals surface area contributed by atoms with Crippen molar-refractivity contribution in [3.8, 4) is 28.5 Å². The number of nitrogens with zero attached hydrogens (tertiary/aromatic N) is 1. The van der Waals surface area contributed by atoms with Crippen LogP contribution in [0, 0.1) is 0 Å². The highest BCUT2D eigenvalue weighted by atomic mass is 16.5. The van der Waals surface area contributed by atoms with Crippen molar-refractivity contribution in [1.29, 1.82) is 0 Å². The summed E-state index contributed by atoms with van der Waals surface area (Å²) in [4.78, 5) is 30.2. The number of benzene rings is 3. The highest BCUT2D eigenvalue weighted by Gasteiger charge is 2.17. The number of amides is 1. The predicted octanol–water partition coefficient (Wildman–Crippen LogP) is 4.72. The van der Waals surface area contributed by atoms with Crippen molar-refractivity contribution in [2.75, 3.05) is 33.3 Å². The molecular weight excluding hydrogens is 448 g/mol. The second-order valence-electron chi connectivity index (χ2n) is 7.49. The Kier molecular flexibility index (Phi) is 7.11. The van der Waals surface area contributed by atoms with Crippen LogP contribution in [-0.4, -0.2) is 44.8 Å². The topological polar surface area (TPSA) is 96.0 Å². The SMILES string of the molecule is COc1ccc(-c2cc(C(=O)OCC(=O)Nc3cc(OC)ccc3OC)c3ccccc3n2)cc1. The first-order chi connectivity index (χ1) is 17.0. The number of aromatic nitrogens is 1. The lowest BCUT2D eigenvalue weighted by atomic mass is 10.0. The first-order valence-corrected chi connectivity index (χ1v) is 10.8. The van der Waals surface area contributed by atoms with Crippen molar-refractivity contribution in [3.63, 3.8) is 0 Å². The van der Waals surface area contributed by atoms with Gasteiger partial charge in [-0.05, 0) is 48.5 Å². The minimum atomic E-state index is -0.633. The van der Waals surface area contributed by atoms with Crippen LogP contribution in [0.1, 0.15) is 10.4 Å². The van der Waals surface area contributed by atoms with E-state index in [-0.39, 0.29) is 0 Å². The largest absolute Gasteiger partial charge is 0.497 e. The monoisotopic (exact) mass is 472 g/mol. The van der Waals surface area contributed by atoms with Crippen molar-refractivity contribution in [1.82, 2.24) is 4.98 Å². The fraction of sp³-hybridized carbons (Fsp3) is 0.148. The smallest absolute Gasteiger partial charge is 0.339 e. The Morgan fingerprint density at radius 1 is 0.829 bits per heavy atom. The Morgan fingerprint density at radius 2 is 1.54 bits per heavy atom. The van der Waals surface area contributed by atoms with Crippen LogP contribution in [0.15, 0.2) is 72.8 Å².